The highest BCUT2D eigenvalue weighted by atomic mass is 16.5. The number of carbonyl (C=O) groups is 2. The number of esters is 1. The Morgan fingerprint density at radius 1 is 1.33 bits per heavy atom. The zero-order valence-corrected chi connectivity index (χ0v) is 11.9. The van der Waals surface area contributed by atoms with E-state index in [2.05, 4.69) is 25.7 Å². The van der Waals surface area contributed by atoms with Crippen LogP contribution in [-0.2, 0) is 14.3 Å². The van der Waals surface area contributed by atoms with Gasteiger partial charge in [-0.2, -0.15) is 0 Å². The van der Waals surface area contributed by atoms with Gasteiger partial charge in [-0.3, -0.25) is 14.5 Å². The summed E-state index contributed by atoms with van der Waals surface area (Å²) >= 11 is 0. The molecule has 1 aliphatic heterocycles. The van der Waals surface area contributed by atoms with Crippen LogP contribution in [0.4, 0.5) is 0 Å². The molecule has 0 aromatic carbocycles. The molecular formula is C13H24N2O3. The second-order valence-electron chi connectivity index (χ2n) is 5.53. The van der Waals surface area contributed by atoms with Gasteiger partial charge in [-0.1, -0.05) is 0 Å². The Hall–Kier alpha value is -1.10. The second-order valence-corrected chi connectivity index (χ2v) is 5.53. The van der Waals surface area contributed by atoms with Gasteiger partial charge in [0.1, 0.15) is 0 Å². The van der Waals surface area contributed by atoms with Crippen molar-refractivity contribution in [1.29, 1.82) is 0 Å². The fourth-order valence-electron chi connectivity index (χ4n) is 1.98. The lowest BCUT2D eigenvalue weighted by atomic mass is 10.0. The molecule has 1 heterocycles. The van der Waals surface area contributed by atoms with Gasteiger partial charge in [-0.05, 0) is 27.7 Å². The zero-order chi connectivity index (χ0) is 13.8. The number of hydrogen-bond acceptors (Lipinski definition) is 4. The largest absolute Gasteiger partial charge is 0.466 e. The van der Waals surface area contributed by atoms with Crippen LogP contribution in [-0.4, -0.2) is 60.0 Å². The molecule has 0 aromatic heterocycles. The van der Waals surface area contributed by atoms with Gasteiger partial charge in [0.25, 0.3) is 0 Å². The third-order valence-corrected chi connectivity index (χ3v) is 3.16. The first-order valence-electron chi connectivity index (χ1n) is 6.53. The van der Waals surface area contributed by atoms with Crippen molar-refractivity contribution in [2.45, 2.75) is 39.7 Å². The van der Waals surface area contributed by atoms with Crippen LogP contribution >= 0.6 is 0 Å². The third kappa shape index (κ3) is 4.29. The van der Waals surface area contributed by atoms with Gasteiger partial charge in [0.05, 0.1) is 19.6 Å². The van der Waals surface area contributed by atoms with Crippen LogP contribution in [0.15, 0.2) is 0 Å². The van der Waals surface area contributed by atoms with E-state index in [1.807, 2.05) is 0 Å². The quantitative estimate of drug-likeness (QED) is 0.701. The number of amides is 1. The Balaban J connectivity index is 2.39. The maximum Gasteiger partial charge on any atom is 0.307 e. The van der Waals surface area contributed by atoms with Crippen molar-refractivity contribution in [3.63, 3.8) is 0 Å². The fraction of sp³-hybridized carbons (Fsp3) is 0.846. The lowest BCUT2D eigenvalue weighted by molar-refractivity contribution is -0.145. The highest BCUT2D eigenvalue weighted by Crippen LogP contribution is 2.16. The van der Waals surface area contributed by atoms with E-state index in [4.69, 9.17) is 4.74 Å². The normalized spacial score (nSPS) is 18.0. The van der Waals surface area contributed by atoms with Crippen molar-refractivity contribution < 1.29 is 14.3 Å². The molecule has 5 heteroatoms. The number of rotatable bonds is 4. The van der Waals surface area contributed by atoms with Gasteiger partial charge >= 0.3 is 5.97 Å². The standard InChI is InChI=1S/C13H24N2O3/c1-5-18-12(17)6-7-14-8-9-15(10-11(14)16)13(2,3)4/h5-10H2,1-4H3. The molecule has 1 aliphatic rings. The van der Waals surface area contributed by atoms with Crippen LogP contribution in [0.1, 0.15) is 34.1 Å². The molecule has 5 nitrogen and oxygen atoms in total. The van der Waals surface area contributed by atoms with Crippen LogP contribution in [0.3, 0.4) is 0 Å². The summed E-state index contributed by atoms with van der Waals surface area (Å²) in [6.45, 7) is 10.9. The predicted octanol–water partition coefficient (Wildman–Crippen LogP) is 0.882. The predicted molar refractivity (Wildman–Crippen MR) is 69.2 cm³/mol. The van der Waals surface area contributed by atoms with Gasteiger partial charge in [0.15, 0.2) is 0 Å². The molecule has 0 aliphatic carbocycles. The van der Waals surface area contributed by atoms with E-state index in [1.54, 1.807) is 11.8 Å². The van der Waals surface area contributed by atoms with E-state index in [9.17, 15) is 9.59 Å². The summed E-state index contributed by atoms with van der Waals surface area (Å²) in [5.74, 6) is -0.135. The van der Waals surface area contributed by atoms with Gasteiger partial charge in [0.2, 0.25) is 5.91 Å². The smallest absolute Gasteiger partial charge is 0.307 e. The van der Waals surface area contributed by atoms with Crippen molar-refractivity contribution in [3.8, 4) is 0 Å². The fourth-order valence-corrected chi connectivity index (χ4v) is 1.98. The first kappa shape index (κ1) is 15.0. The molecule has 0 aromatic rings. The van der Waals surface area contributed by atoms with E-state index < -0.39 is 0 Å². The van der Waals surface area contributed by atoms with E-state index in [1.165, 1.54) is 0 Å². The first-order chi connectivity index (χ1) is 8.34. The summed E-state index contributed by atoms with van der Waals surface area (Å²) < 4.78 is 4.86. The molecule has 18 heavy (non-hydrogen) atoms. The van der Waals surface area contributed by atoms with Crippen molar-refractivity contribution in [3.05, 3.63) is 0 Å². The van der Waals surface area contributed by atoms with Crippen molar-refractivity contribution >= 4 is 11.9 Å². The Morgan fingerprint density at radius 3 is 2.50 bits per heavy atom. The highest BCUT2D eigenvalue weighted by Gasteiger charge is 2.30. The number of carbonyl (C=O) groups excluding carboxylic acids is 2. The second kappa shape index (κ2) is 6.18. The average Bonchev–Trinajstić information content (AvgIpc) is 2.26. The molecule has 0 unspecified atom stereocenters. The molecule has 0 bridgehead atoms. The average molecular weight is 256 g/mol. The first-order valence-corrected chi connectivity index (χ1v) is 6.53. The summed E-state index contributed by atoms with van der Waals surface area (Å²) in [5, 5.41) is 0. The SMILES string of the molecule is CCOC(=O)CCN1CCN(C(C)(C)C)CC1=O. The minimum absolute atomic E-state index is 0.0168. The summed E-state index contributed by atoms with van der Waals surface area (Å²) in [6, 6.07) is 0. The van der Waals surface area contributed by atoms with Crippen molar-refractivity contribution in [2.75, 3.05) is 32.8 Å². The number of piperazine rings is 1. The molecular weight excluding hydrogens is 232 g/mol. The van der Waals surface area contributed by atoms with E-state index in [-0.39, 0.29) is 23.8 Å². The topological polar surface area (TPSA) is 49.9 Å². The lowest BCUT2D eigenvalue weighted by Gasteiger charge is -2.41. The molecule has 0 atom stereocenters. The summed E-state index contributed by atoms with van der Waals surface area (Å²) in [5.41, 5.74) is 0.0168. The maximum absolute atomic E-state index is 12.0. The third-order valence-electron chi connectivity index (χ3n) is 3.16. The van der Waals surface area contributed by atoms with Crippen LogP contribution < -0.4 is 0 Å². The lowest BCUT2D eigenvalue weighted by Crippen LogP contribution is -2.56. The maximum atomic E-state index is 12.0. The Kier molecular flexibility index (Phi) is 5.14. The molecule has 1 saturated heterocycles. The van der Waals surface area contributed by atoms with Gasteiger partial charge in [0, 0.05) is 25.2 Å². The Bertz CT molecular complexity index is 310. The monoisotopic (exact) mass is 256 g/mol. The number of hydrogen-bond donors (Lipinski definition) is 0. The van der Waals surface area contributed by atoms with Gasteiger partial charge < -0.3 is 9.64 Å². The van der Waals surface area contributed by atoms with E-state index in [0.717, 1.165) is 6.54 Å². The molecule has 1 fully saturated rings. The molecule has 0 N–H and O–H groups in total. The highest BCUT2D eigenvalue weighted by molar-refractivity contribution is 5.80. The van der Waals surface area contributed by atoms with Gasteiger partial charge in [-0.25, -0.2) is 0 Å². The number of ether oxygens (including phenoxy) is 1. The zero-order valence-electron chi connectivity index (χ0n) is 11.9. The van der Waals surface area contributed by atoms with Crippen LogP contribution in [0.25, 0.3) is 0 Å². The molecule has 104 valence electrons. The van der Waals surface area contributed by atoms with Crippen LogP contribution in [0, 0.1) is 0 Å². The van der Waals surface area contributed by atoms with Crippen LogP contribution in [0.5, 0.6) is 0 Å². The Labute approximate surface area is 109 Å². The molecule has 1 rings (SSSR count). The van der Waals surface area contributed by atoms with E-state index in [0.29, 0.717) is 26.2 Å². The summed E-state index contributed by atoms with van der Waals surface area (Å²) in [7, 11) is 0. The van der Waals surface area contributed by atoms with Crippen molar-refractivity contribution in [1.82, 2.24) is 9.80 Å². The molecule has 1 amide bonds. The van der Waals surface area contributed by atoms with Crippen molar-refractivity contribution in [2.24, 2.45) is 0 Å². The minimum atomic E-state index is -0.233. The Morgan fingerprint density at radius 2 is 2.00 bits per heavy atom. The van der Waals surface area contributed by atoms with E-state index >= 15 is 0 Å². The summed E-state index contributed by atoms with van der Waals surface area (Å²) in [4.78, 5) is 27.1. The van der Waals surface area contributed by atoms with Crippen LogP contribution in [0.2, 0.25) is 0 Å². The molecule has 0 radical (unpaired) electrons. The number of nitrogens with zero attached hydrogens (tertiary/aromatic N) is 2. The molecule has 0 saturated carbocycles. The summed E-state index contributed by atoms with van der Waals surface area (Å²) in [6.07, 6.45) is 0.287. The molecule has 0 spiro atoms. The van der Waals surface area contributed by atoms with Gasteiger partial charge in [-0.15, -0.1) is 0 Å². The minimum Gasteiger partial charge on any atom is -0.466 e.